The molecule has 102 valence electrons. The van der Waals surface area contributed by atoms with Gasteiger partial charge in [0.25, 0.3) is 0 Å². The lowest BCUT2D eigenvalue weighted by molar-refractivity contribution is 0.302. The first kappa shape index (κ1) is 13.0. The number of benzene rings is 1. The van der Waals surface area contributed by atoms with E-state index in [1.807, 2.05) is 14.0 Å². The fourth-order valence-corrected chi connectivity index (χ4v) is 2.52. The second-order valence-corrected chi connectivity index (χ2v) is 5.43. The van der Waals surface area contributed by atoms with Gasteiger partial charge in [-0.25, -0.2) is 0 Å². The van der Waals surface area contributed by atoms with Crippen molar-refractivity contribution in [3.8, 4) is 23.1 Å². The zero-order valence-electron chi connectivity index (χ0n) is 11.4. The molecule has 0 N–H and O–H groups in total. The number of aryl methyl sites for hydroxylation is 2. The van der Waals surface area contributed by atoms with E-state index in [4.69, 9.17) is 16.3 Å². The quantitative estimate of drug-likeness (QED) is 0.868. The topological polar surface area (TPSA) is 50.8 Å². The van der Waals surface area contributed by atoms with E-state index in [-0.39, 0.29) is 6.10 Å². The van der Waals surface area contributed by atoms with Gasteiger partial charge in [-0.15, -0.1) is 0 Å². The lowest BCUT2D eigenvalue weighted by atomic mass is 10.0. The van der Waals surface area contributed by atoms with Crippen LogP contribution in [0.25, 0.3) is 11.3 Å². The average molecular weight is 288 g/mol. The van der Waals surface area contributed by atoms with E-state index < -0.39 is 0 Å². The summed E-state index contributed by atoms with van der Waals surface area (Å²) in [6, 6.07) is 5.78. The van der Waals surface area contributed by atoms with Crippen molar-refractivity contribution in [2.75, 3.05) is 0 Å². The monoisotopic (exact) mass is 287 g/mol. The molecule has 0 radical (unpaired) electrons. The molecule has 1 saturated carbocycles. The molecule has 0 bridgehead atoms. The van der Waals surface area contributed by atoms with Crippen molar-refractivity contribution in [1.29, 1.82) is 5.26 Å². The molecule has 3 rings (SSSR count). The van der Waals surface area contributed by atoms with E-state index in [0.29, 0.717) is 21.9 Å². The van der Waals surface area contributed by atoms with Crippen molar-refractivity contribution in [2.45, 2.75) is 25.9 Å². The van der Waals surface area contributed by atoms with E-state index in [1.54, 1.807) is 23.0 Å². The Morgan fingerprint density at radius 2 is 2.20 bits per heavy atom. The number of ether oxygens (including phenoxy) is 1. The summed E-state index contributed by atoms with van der Waals surface area (Å²) in [7, 11) is 1.84. The highest BCUT2D eigenvalue weighted by molar-refractivity contribution is 6.33. The molecule has 0 spiro atoms. The molecule has 1 aromatic carbocycles. The van der Waals surface area contributed by atoms with Gasteiger partial charge in [-0.1, -0.05) is 11.6 Å². The minimum atomic E-state index is 0.240. The summed E-state index contributed by atoms with van der Waals surface area (Å²) in [6.07, 6.45) is 4.10. The van der Waals surface area contributed by atoms with Crippen LogP contribution in [0, 0.1) is 18.3 Å². The van der Waals surface area contributed by atoms with Gasteiger partial charge in [0.15, 0.2) is 0 Å². The van der Waals surface area contributed by atoms with Crippen LogP contribution >= 0.6 is 11.6 Å². The Balaban J connectivity index is 2.20. The van der Waals surface area contributed by atoms with Crippen molar-refractivity contribution in [2.24, 2.45) is 7.05 Å². The van der Waals surface area contributed by atoms with Crippen LogP contribution < -0.4 is 4.74 Å². The Hall–Kier alpha value is -1.99. The van der Waals surface area contributed by atoms with E-state index in [0.717, 1.165) is 24.1 Å². The SMILES string of the molecule is Cc1cnn(C)c1-c1c(Cl)ccc(OC2CC2)c1C#N. The van der Waals surface area contributed by atoms with E-state index in [9.17, 15) is 5.26 Å². The molecule has 1 aromatic heterocycles. The number of hydrogen-bond acceptors (Lipinski definition) is 3. The Labute approximate surface area is 122 Å². The Kier molecular flexibility index (Phi) is 3.15. The molecule has 1 aliphatic rings. The highest BCUT2D eigenvalue weighted by Crippen LogP contribution is 2.39. The van der Waals surface area contributed by atoms with Gasteiger partial charge in [-0.2, -0.15) is 10.4 Å². The minimum Gasteiger partial charge on any atom is -0.489 e. The van der Waals surface area contributed by atoms with Gasteiger partial charge in [0.2, 0.25) is 0 Å². The molecule has 20 heavy (non-hydrogen) atoms. The zero-order chi connectivity index (χ0) is 14.3. The van der Waals surface area contributed by atoms with Gasteiger partial charge in [0, 0.05) is 12.6 Å². The van der Waals surface area contributed by atoms with Crippen molar-refractivity contribution in [1.82, 2.24) is 9.78 Å². The first-order valence-electron chi connectivity index (χ1n) is 6.50. The van der Waals surface area contributed by atoms with Crippen LogP contribution in [0.15, 0.2) is 18.3 Å². The van der Waals surface area contributed by atoms with Gasteiger partial charge < -0.3 is 4.74 Å². The lowest BCUT2D eigenvalue weighted by Crippen LogP contribution is -2.02. The van der Waals surface area contributed by atoms with Crippen molar-refractivity contribution in [3.63, 3.8) is 0 Å². The maximum absolute atomic E-state index is 9.52. The normalized spacial score (nSPS) is 14.1. The molecule has 4 nitrogen and oxygen atoms in total. The molecular formula is C15H14ClN3O. The fourth-order valence-electron chi connectivity index (χ4n) is 2.27. The molecule has 1 heterocycles. The maximum atomic E-state index is 9.52. The fraction of sp³-hybridized carbons (Fsp3) is 0.333. The second kappa shape index (κ2) is 4.84. The summed E-state index contributed by atoms with van der Waals surface area (Å²) in [4.78, 5) is 0. The first-order valence-corrected chi connectivity index (χ1v) is 6.88. The molecule has 1 fully saturated rings. The summed E-state index contributed by atoms with van der Waals surface area (Å²) in [5, 5.41) is 14.3. The van der Waals surface area contributed by atoms with Crippen molar-refractivity contribution < 1.29 is 4.74 Å². The van der Waals surface area contributed by atoms with Gasteiger partial charge in [-0.05, 0) is 37.5 Å². The predicted octanol–water partition coefficient (Wildman–Crippen LogP) is 3.46. The molecule has 2 aromatic rings. The largest absolute Gasteiger partial charge is 0.489 e. The van der Waals surface area contributed by atoms with Crippen LogP contribution in [0.1, 0.15) is 24.0 Å². The number of aromatic nitrogens is 2. The standard InChI is InChI=1S/C15H14ClN3O/c1-9-8-18-19(2)15(9)14-11(7-17)13(6-5-12(14)16)20-10-3-4-10/h5-6,8,10H,3-4H2,1-2H3. The van der Waals surface area contributed by atoms with Gasteiger partial charge in [0.05, 0.1) is 23.0 Å². The third-order valence-electron chi connectivity index (χ3n) is 3.40. The van der Waals surface area contributed by atoms with Gasteiger partial charge in [-0.3, -0.25) is 4.68 Å². The molecule has 1 aliphatic carbocycles. The number of nitrogens with zero attached hydrogens (tertiary/aromatic N) is 3. The molecule has 0 saturated heterocycles. The first-order chi connectivity index (χ1) is 9.61. The third kappa shape index (κ3) is 2.14. The number of hydrogen-bond donors (Lipinski definition) is 0. The molecule has 0 aliphatic heterocycles. The van der Waals surface area contributed by atoms with Gasteiger partial charge in [0.1, 0.15) is 17.4 Å². The van der Waals surface area contributed by atoms with Crippen LogP contribution in [0.4, 0.5) is 0 Å². The average Bonchev–Trinajstić information content (AvgIpc) is 3.18. The minimum absolute atomic E-state index is 0.240. The highest BCUT2D eigenvalue weighted by atomic mass is 35.5. The lowest BCUT2D eigenvalue weighted by Gasteiger charge is -2.13. The highest BCUT2D eigenvalue weighted by Gasteiger charge is 2.27. The van der Waals surface area contributed by atoms with Crippen LogP contribution in [0.3, 0.4) is 0 Å². The van der Waals surface area contributed by atoms with Crippen LogP contribution in [0.5, 0.6) is 5.75 Å². The Morgan fingerprint density at radius 1 is 1.45 bits per heavy atom. The third-order valence-corrected chi connectivity index (χ3v) is 3.72. The summed E-state index contributed by atoms with van der Waals surface area (Å²) in [5.74, 6) is 0.606. The molecule has 0 unspecified atom stereocenters. The molecular weight excluding hydrogens is 274 g/mol. The molecule has 0 atom stereocenters. The summed E-state index contributed by atoms with van der Waals surface area (Å²) >= 11 is 6.32. The van der Waals surface area contributed by atoms with Crippen LogP contribution in [-0.4, -0.2) is 15.9 Å². The van der Waals surface area contributed by atoms with Crippen molar-refractivity contribution in [3.05, 3.63) is 34.5 Å². The summed E-state index contributed by atoms with van der Waals surface area (Å²) in [5.41, 5.74) is 3.02. The molecule has 5 heteroatoms. The number of nitriles is 1. The summed E-state index contributed by atoms with van der Waals surface area (Å²) in [6.45, 7) is 1.95. The van der Waals surface area contributed by atoms with Crippen molar-refractivity contribution >= 4 is 11.6 Å². The number of halogens is 1. The van der Waals surface area contributed by atoms with E-state index in [1.165, 1.54) is 0 Å². The number of rotatable bonds is 3. The Morgan fingerprint density at radius 3 is 2.75 bits per heavy atom. The second-order valence-electron chi connectivity index (χ2n) is 5.02. The van der Waals surface area contributed by atoms with Crippen LogP contribution in [-0.2, 0) is 7.05 Å². The maximum Gasteiger partial charge on any atom is 0.138 e. The van der Waals surface area contributed by atoms with Crippen LogP contribution in [0.2, 0.25) is 5.02 Å². The predicted molar refractivity (Wildman–Crippen MR) is 76.8 cm³/mol. The zero-order valence-corrected chi connectivity index (χ0v) is 12.1. The van der Waals surface area contributed by atoms with Gasteiger partial charge >= 0.3 is 0 Å². The molecule has 0 amide bonds. The Bertz CT molecular complexity index is 691. The summed E-state index contributed by atoms with van der Waals surface area (Å²) < 4.78 is 7.54. The van der Waals surface area contributed by atoms with E-state index in [2.05, 4.69) is 11.2 Å². The van der Waals surface area contributed by atoms with E-state index >= 15 is 0 Å². The smallest absolute Gasteiger partial charge is 0.138 e.